The van der Waals surface area contributed by atoms with Gasteiger partial charge in [-0.05, 0) is 135 Å². The molecule has 3 fully saturated rings. The molecule has 9 rings (SSSR count). The molecule has 1 unspecified atom stereocenters. The average Bonchev–Trinajstić information content (AvgIpc) is 1.08. The molecule has 766 valence electrons. The standard InChI is InChI=1S/C96H135N23O21S/c1-10-13-26-74-88(132)107-65(25-19-37-102-96(100)101)84(128)114-73(83(127)104-47-79(99)124)50-141-51-80(125)105-68(40-54-29-33-57(121)34-30-54)91(135)115(7)53(6)82(126)109-70(44-78(98)123)93(137)118-38-20-28-75(118)89(133)112-71(45-97)86(130)110-67(39-52(4)5)94(138)119-48-58(122)42-77(119)90(134)108-66(41-56-46-103-63-23-17-15-21-60(56)63)85(129)113-72(49-120)87(131)111-69(92(136)117(9)76(27-14-11-2)95(139)116(74)8)43-62-61-22-16-18-24-64(61)106-81(62)55-31-35-59(36-32-55)140-12-3/h15-18,21-24,29-36,46,52-53,58,65-77,103,106,120-122H,10-14,19-20,25-28,37-45,47-51,97H2,1-9H3,(H2,98,123)(H2,99,124)(H,104,127)(H,105,125)(H,107,132)(H,108,134)(H,109,126)(H,110,130)(H,111,131)(H,112,133)(H,113,129)(H,114,128)(H4,100,101,102)/t53-,58+,65?,66-,67-,68-,69-,70-,71-,72-,73-,74-,75-,76-,77-/m0/s1. The van der Waals surface area contributed by atoms with Crippen LogP contribution in [0.1, 0.15) is 142 Å². The van der Waals surface area contributed by atoms with E-state index in [0.29, 0.717) is 87.8 Å². The van der Waals surface area contributed by atoms with Crippen molar-refractivity contribution in [3.63, 3.8) is 0 Å². The van der Waals surface area contributed by atoms with Gasteiger partial charge in [0.05, 0.1) is 38.0 Å². The van der Waals surface area contributed by atoms with E-state index in [4.69, 9.17) is 33.1 Å². The molecule has 0 saturated carbocycles. The molecule has 0 aliphatic carbocycles. The smallest absolute Gasteiger partial charge is 0.246 e. The summed E-state index contributed by atoms with van der Waals surface area (Å²) in [5.74, 6) is -17.8. The maximum atomic E-state index is 16.3. The van der Waals surface area contributed by atoms with Gasteiger partial charge in [0.1, 0.15) is 96.1 Å². The molecule has 25 N–H and O–H groups in total. The van der Waals surface area contributed by atoms with Crippen LogP contribution in [0.25, 0.3) is 33.1 Å². The Morgan fingerprint density at radius 1 is 0.567 bits per heavy atom. The van der Waals surface area contributed by atoms with E-state index in [1.54, 1.807) is 92.8 Å². The molecule has 3 aliphatic heterocycles. The number of fused-ring (bicyclic) bond motifs is 4. The molecule has 0 spiro atoms. The summed E-state index contributed by atoms with van der Waals surface area (Å²) < 4.78 is 5.80. The number of aromatic hydroxyl groups is 1. The highest BCUT2D eigenvalue weighted by molar-refractivity contribution is 8.00. The van der Waals surface area contributed by atoms with E-state index in [2.05, 4.69) is 68.5 Å². The van der Waals surface area contributed by atoms with Gasteiger partial charge in [-0.15, -0.1) is 11.8 Å². The number of H-pyrrole nitrogens is 2. The minimum absolute atomic E-state index is 0.0216. The van der Waals surface area contributed by atoms with Crippen LogP contribution in [-0.2, 0) is 101 Å². The number of phenols is 1. The van der Waals surface area contributed by atoms with Crippen LogP contribution in [-0.4, -0.2) is 325 Å². The lowest BCUT2D eigenvalue weighted by Crippen LogP contribution is -2.62. The van der Waals surface area contributed by atoms with Gasteiger partial charge < -0.3 is 136 Å². The van der Waals surface area contributed by atoms with Crippen LogP contribution in [0, 0.1) is 11.3 Å². The molecule has 5 heterocycles. The number of aromatic nitrogens is 2. The summed E-state index contributed by atoms with van der Waals surface area (Å²) in [7, 11) is 3.90. The van der Waals surface area contributed by atoms with E-state index < -0.39 is 248 Å². The topological polar surface area (TPSA) is 668 Å². The molecule has 2 aromatic heterocycles. The number of para-hydroxylation sites is 2. The zero-order valence-electron chi connectivity index (χ0n) is 80.9. The lowest BCUT2D eigenvalue weighted by molar-refractivity contribution is -0.149. The normalized spacial score (nSPS) is 24.2. The van der Waals surface area contributed by atoms with Crippen molar-refractivity contribution >= 4 is 140 Å². The number of guanidine groups is 1. The first-order valence-electron chi connectivity index (χ1n) is 47.5. The number of aliphatic hydroxyl groups excluding tert-OH is 2. The van der Waals surface area contributed by atoms with Crippen molar-refractivity contribution in [3.05, 3.63) is 120 Å². The Kier molecular flexibility index (Phi) is 41.5. The maximum Gasteiger partial charge on any atom is 0.246 e. The lowest BCUT2D eigenvalue weighted by Gasteiger charge is -2.36. The summed E-state index contributed by atoms with van der Waals surface area (Å²) in [6.07, 6.45) is -0.670. The second kappa shape index (κ2) is 52.9. The minimum Gasteiger partial charge on any atom is -0.508 e. The van der Waals surface area contributed by atoms with Gasteiger partial charge in [-0.2, -0.15) is 0 Å². The molecule has 0 radical (unpaired) electrons. The number of carbonyl (C=O) groups excluding carboxylic acids is 17. The third-order valence-corrected chi connectivity index (χ3v) is 26.2. The summed E-state index contributed by atoms with van der Waals surface area (Å²) >= 11 is 0.756. The van der Waals surface area contributed by atoms with E-state index in [1.807, 2.05) is 20.8 Å². The van der Waals surface area contributed by atoms with Crippen molar-refractivity contribution in [2.24, 2.45) is 28.9 Å². The van der Waals surface area contributed by atoms with E-state index in [1.165, 1.54) is 52.3 Å². The van der Waals surface area contributed by atoms with Gasteiger partial charge in [0, 0.05) is 112 Å². The molecule has 17 amide bonds. The largest absolute Gasteiger partial charge is 0.508 e. The van der Waals surface area contributed by atoms with Gasteiger partial charge in [0.2, 0.25) is 100 Å². The van der Waals surface area contributed by atoms with E-state index in [-0.39, 0.29) is 89.0 Å². The van der Waals surface area contributed by atoms with Crippen molar-refractivity contribution in [1.29, 1.82) is 5.41 Å². The van der Waals surface area contributed by atoms with Crippen LogP contribution in [0.5, 0.6) is 11.5 Å². The van der Waals surface area contributed by atoms with Gasteiger partial charge in [-0.1, -0.05) is 102 Å². The number of likely N-dealkylation sites (N-methyl/N-ethyl adjacent to an activating group) is 3. The van der Waals surface area contributed by atoms with E-state index >= 15 is 38.4 Å². The van der Waals surface area contributed by atoms with Crippen molar-refractivity contribution in [2.75, 3.05) is 78.6 Å². The molecule has 44 nitrogen and oxygen atoms in total. The number of thioether (sulfide) groups is 1. The second-order valence-corrected chi connectivity index (χ2v) is 37.1. The summed E-state index contributed by atoms with van der Waals surface area (Å²) in [4.78, 5) is 263. The molecule has 4 aromatic carbocycles. The maximum absolute atomic E-state index is 16.3. The zero-order chi connectivity index (χ0) is 103. The Hall–Kier alpha value is -14.0. The second-order valence-electron chi connectivity index (χ2n) is 36.1. The van der Waals surface area contributed by atoms with Gasteiger partial charge >= 0.3 is 0 Å². The Morgan fingerprint density at radius 2 is 1.14 bits per heavy atom. The monoisotopic (exact) mass is 1980 g/mol. The zero-order valence-corrected chi connectivity index (χ0v) is 81.7. The van der Waals surface area contributed by atoms with Crippen LogP contribution in [0.4, 0.5) is 0 Å². The third kappa shape index (κ3) is 30.5. The predicted octanol–water partition coefficient (Wildman–Crippen LogP) is -1.87. The number of hydrogen-bond acceptors (Lipinski definition) is 24. The number of ether oxygens (including phenoxy) is 1. The minimum atomic E-state index is -1.94. The van der Waals surface area contributed by atoms with Crippen molar-refractivity contribution in [3.8, 4) is 22.8 Å². The quantitative estimate of drug-likeness (QED) is 0.0145. The number of primary amides is 2. The fourth-order valence-corrected chi connectivity index (χ4v) is 18.3. The third-order valence-electron chi connectivity index (χ3n) is 25.2. The summed E-state index contributed by atoms with van der Waals surface area (Å²) in [6, 6.07) is 4.50. The first kappa shape index (κ1) is 111. The molecule has 3 aliphatic rings. The number of unbranched alkanes of at least 4 members (excludes halogenated alkanes) is 2. The Labute approximate surface area is 820 Å². The summed E-state index contributed by atoms with van der Waals surface area (Å²) in [5.41, 5.74) is 26.7. The number of nitrogens with one attached hydrogen (secondary N) is 14. The van der Waals surface area contributed by atoms with Crippen molar-refractivity contribution in [1.82, 2.24) is 93.0 Å². The van der Waals surface area contributed by atoms with E-state index in [9.17, 15) is 58.5 Å². The Balaban J connectivity index is 1.13. The number of nitrogens with zero attached hydrogens (tertiary/aromatic N) is 5. The van der Waals surface area contributed by atoms with Gasteiger partial charge in [0.25, 0.3) is 0 Å². The molecule has 15 atom stereocenters. The van der Waals surface area contributed by atoms with Crippen LogP contribution in [0.2, 0.25) is 0 Å². The van der Waals surface area contributed by atoms with Crippen LogP contribution >= 0.6 is 11.8 Å². The molecular weight excluding hydrogens is 1840 g/mol. The lowest BCUT2D eigenvalue weighted by atomic mass is 9.96. The van der Waals surface area contributed by atoms with Crippen LogP contribution in [0.15, 0.2) is 103 Å². The number of aliphatic hydroxyl groups is 2. The fourth-order valence-electron chi connectivity index (χ4n) is 17.4. The van der Waals surface area contributed by atoms with E-state index in [0.717, 1.165) is 36.3 Å². The highest BCUT2D eigenvalue weighted by Gasteiger charge is 2.47. The Bertz CT molecular complexity index is 5450. The average molecular weight is 1980 g/mol. The number of hydrogen-bond donors (Lipinski definition) is 21. The van der Waals surface area contributed by atoms with Crippen LogP contribution < -0.4 is 86.2 Å². The van der Waals surface area contributed by atoms with Crippen LogP contribution in [0.3, 0.4) is 0 Å². The number of aromatic amines is 2. The predicted molar refractivity (Wildman–Crippen MR) is 523 cm³/mol. The molecule has 141 heavy (non-hydrogen) atoms. The summed E-state index contributed by atoms with van der Waals surface area (Å²) in [5, 5.41) is 71.2. The molecule has 0 bridgehead atoms. The number of carbonyl (C=O) groups is 17. The first-order chi connectivity index (χ1) is 67.2. The number of benzene rings is 4. The summed E-state index contributed by atoms with van der Waals surface area (Å²) in [6.45, 7) is 7.49. The highest BCUT2D eigenvalue weighted by Crippen LogP contribution is 2.34. The van der Waals surface area contributed by atoms with Gasteiger partial charge in [0.15, 0.2) is 5.96 Å². The molecule has 3 saturated heterocycles. The first-order valence-corrected chi connectivity index (χ1v) is 48.6. The van der Waals surface area contributed by atoms with Crippen molar-refractivity contribution < 1.29 is 102 Å². The fraction of sp³-hybridized carbons (Fsp3) is 0.521. The molecule has 6 aromatic rings. The number of nitrogens with two attached hydrogens (primary N) is 4. The van der Waals surface area contributed by atoms with Gasteiger partial charge in [-0.25, -0.2) is 0 Å². The molecule has 45 heteroatoms. The number of phenolic OH excluding ortho intramolecular Hbond substituents is 1. The number of amides is 17. The highest BCUT2D eigenvalue weighted by atomic mass is 32.2. The van der Waals surface area contributed by atoms with Crippen molar-refractivity contribution in [2.45, 2.75) is 235 Å². The Morgan fingerprint density at radius 3 is 1.79 bits per heavy atom. The van der Waals surface area contributed by atoms with Gasteiger partial charge in [-0.3, -0.25) is 86.9 Å². The number of rotatable bonds is 28. The SMILES string of the molecule is CCCC[C@H]1C(=O)N(C)[C@@H](CCCC)C(=O)NC(CCCNC(=N)N)C(=O)N[C@H](C(=O)NCC(N)=O)CSCC(=O)N[C@@H](Cc2ccc(O)cc2)C(=O)N(C)[C@@H](C)C(=O)N[C@@H](CC(N)=O)C(=O)N2CCC[C@H]2C(=O)N[C@@H](CN)C(=O)N[C@@H](CC(C)C)C(=O)N2C[C@H](O)C[C@H]2C(=O)N[C@@H](Cc2c[nH]c3ccccc23)C(=O)N[C@@H](CO)C(=O)N[C@@H](Cc2c(-c3ccc(OCC)cc3)[nH]c3ccccc23)C(=O)N1C. The molecular formula is C96H135N23O21S.